The molecule has 5 nitrogen and oxygen atoms in total. The van der Waals surface area contributed by atoms with Crippen LogP contribution in [0.1, 0.15) is 19.3 Å². The van der Waals surface area contributed by atoms with E-state index in [1.165, 1.54) is 23.4 Å². The molecular weight excluding hydrogens is 236 g/mol. The minimum atomic E-state index is -0.684. The molecule has 2 aromatic rings. The topological polar surface area (TPSA) is 69.2 Å². The molecule has 0 fully saturated rings. The van der Waals surface area contributed by atoms with Gasteiger partial charge in [-0.1, -0.05) is 0 Å². The maximum absolute atomic E-state index is 11.3. The van der Waals surface area contributed by atoms with Gasteiger partial charge in [0.05, 0.1) is 23.4 Å². The first-order chi connectivity index (χ1) is 7.27. The number of rotatable bonds is 2. The molecule has 0 atom stereocenters. The molecule has 2 aromatic heterocycles. The molecule has 0 saturated heterocycles. The standard InChI is InChI=1S/C8H4N2O3S2/c11-7(5-1-9-3-14-5)13-8(12)6-2-10-4-15-6/h1-4H. The number of hydrogen-bond donors (Lipinski definition) is 0. The lowest BCUT2D eigenvalue weighted by Gasteiger charge is -1.96. The predicted octanol–water partition coefficient (Wildman–Crippen LogP) is 1.60. The third kappa shape index (κ3) is 2.25. The van der Waals surface area contributed by atoms with E-state index >= 15 is 0 Å². The van der Waals surface area contributed by atoms with Crippen LogP contribution in [-0.2, 0) is 4.74 Å². The molecule has 0 aliphatic rings. The molecule has 0 radical (unpaired) electrons. The van der Waals surface area contributed by atoms with Crippen molar-refractivity contribution in [1.29, 1.82) is 0 Å². The van der Waals surface area contributed by atoms with Gasteiger partial charge in [-0.2, -0.15) is 0 Å². The minimum absolute atomic E-state index is 0.299. The van der Waals surface area contributed by atoms with Crippen LogP contribution in [0.15, 0.2) is 23.4 Å². The molecule has 0 aliphatic carbocycles. The van der Waals surface area contributed by atoms with Gasteiger partial charge in [0, 0.05) is 0 Å². The zero-order valence-electron chi connectivity index (χ0n) is 7.25. The van der Waals surface area contributed by atoms with Crippen LogP contribution in [0.25, 0.3) is 0 Å². The van der Waals surface area contributed by atoms with Gasteiger partial charge in [-0.25, -0.2) is 9.59 Å². The van der Waals surface area contributed by atoms with E-state index in [1.54, 1.807) is 0 Å². The first-order valence-corrected chi connectivity index (χ1v) is 5.57. The van der Waals surface area contributed by atoms with Gasteiger partial charge in [0.15, 0.2) is 0 Å². The molecule has 0 saturated carbocycles. The maximum atomic E-state index is 11.3. The Bertz CT molecular complexity index is 420. The quantitative estimate of drug-likeness (QED) is 0.589. The average Bonchev–Trinajstić information content (AvgIpc) is 2.91. The number of esters is 2. The SMILES string of the molecule is O=C(OC(=O)c1cncs1)c1cncs1. The molecule has 2 heterocycles. The summed E-state index contributed by atoms with van der Waals surface area (Å²) < 4.78 is 4.60. The van der Waals surface area contributed by atoms with E-state index in [9.17, 15) is 9.59 Å². The van der Waals surface area contributed by atoms with E-state index in [2.05, 4.69) is 14.7 Å². The molecule has 76 valence electrons. The molecular formula is C8H4N2O3S2. The first kappa shape index (κ1) is 9.94. The second kappa shape index (κ2) is 4.28. The van der Waals surface area contributed by atoms with Gasteiger partial charge in [-0.3, -0.25) is 9.97 Å². The second-order valence-electron chi connectivity index (χ2n) is 2.41. The van der Waals surface area contributed by atoms with Crippen molar-refractivity contribution in [2.45, 2.75) is 0 Å². The fourth-order valence-corrected chi connectivity index (χ4v) is 1.81. The van der Waals surface area contributed by atoms with E-state index < -0.39 is 11.9 Å². The summed E-state index contributed by atoms with van der Waals surface area (Å²) in [5.74, 6) is -1.37. The monoisotopic (exact) mass is 240 g/mol. The van der Waals surface area contributed by atoms with Crippen LogP contribution in [-0.4, -0.2) is 21.9 Å². The maximum Gasteiger partial charge on any atom is 0.357 e. The third-order valence-corrected chi connectivity index (χ3v) is 2.96. The highest BCUT2D eigenvalue weighted by Crippen LogP contribution is 2.11. The first-order valence-electron chi connectivity index (χ1n) is 3.81. The fraction of sp³-hybridized carbons (Fsp3) is 0. The molecule has 0 spiro atoms. The van der Waals surface area contributed by atoms with Gasteiger partial charge in [0.2, 0.25) is 0 Å². The van der Waals surface area contributed by atoms with E-state index in [-0.39, 0.29) is 0 Å². The van der Waals surface area contributed by atoms with Gasteiger partial charge in [0.1, 0.15) is 9.75 Å². The van der Waals surface area contributed by atoms with Crippen LogP contribution >= 0.6 is 22.7 Å². The molecule has 2 rings (SSSR count). The Morgan fingerprint density at radius 3 is 1.80 bits per heavy atom. The highest BCUT2D eigenvalue weighted by Gasteiger charge is 2.16. The van der Waals surface area contributed by atoms with Crippen molar-refractivity contribution in [3.05, 3.63) is 33.2 Å². The van der Waals surface area contributed by atoms with Gasteiger partial charge in [-0.15, -0.1) is 22.7 Å². The van der Waals surface area contributed by atoms with Gasteiger partial charge in [-0.05, 0) is 0 Å². The predicted molar refractivity (Wildman–Crippen MR) is 54.0 cm³/mol. The van der Waals surface area contributed by atoms with Crippen molar-refractivity contribution in [3.8, 4) is 0 Å². The van der Waals surface area contributed by atoms with Crippen molar-refractivity contribution < 1.29 is 14.3 Å². The van der Waals surface area contributed by atoms with Crippen molar-refractivity contribution >= 4 is 34.6 Å². The lowest BCUT2D eigenvalue weighted by atomic mass is 10.5. The van der Waals surface area contributed by atoms with Gasteiger partial charge >= 0.3 is 11.9 Å². The Kier molecular flexibility index (Phi) is 2.84. The van der Waals surface area contributed by atoms with Crippen LogP contribution in [0.2, 0.25) is 0 Å². The summed E-state index contributed by atoms with van der Waals surface area (Å²) in [5.41, 5.74) is 2.99. The number of aromatic nitrogens is 2. The van der Waals surface area contributed by atoms with Crippen molar-refractivity contribution in [2.24, 2.45) is 0 Å². The third-order valence-electron chi connectivity index (χ3n) is 1.45. The lowest BCUT2D eigenvalue weighted by Crippen LogP contribution is -2.10. The zero-order valence-corrected chi connectivity index (χ0v) is 8.88. The Labute approximate surface area is 92.4 Å². The summed E-state index contributed by atoms with van der Waals surface area (Å²) in [5, 5.41) is 0. The summed E-state index contributed by atoms with van der Waals surface area (Å²) in [7, 11) is 0. The fourth-order valence-electron chi connectivity index (χ4n) is 0.818. The number of carbonyl (C=O) groups is 2. The number of nitrogens with zero attached hydrogens (tertiary/aromatic N) is 2. The van der Waals surface area contributed by atoms with E-state index in [0.717, 1.165) is 22.7 Å². The van der Waals surface area contributed by atoms with E-state index in [4.69, 9.17) is 0 Å². The molecule has 0 N–H and O–H groups in total. The minimum Gasteiger partial charge on any atom is -0.384 e. The van der Waals surface area contributed by atoms with Gasteiger partial charge in [0.25, 0.3) is 0 Å². The number of thiazole rings is 2. The van der Waals surface area contributed by atoms with Crippen molar-refractivity contribution in [3.63, 3.8) is 0 Å². The zero-order chi connectivity index (χ0) is 10.7. The number of ether oxygens (including phenoxy) is 1. The normalized spacial score (nSPS) is 9.87. The highest BCUT2D eigenvalue weighted by molar-refractivity contribution is 7.12. The summed E-state index contributed by atoms with van der Waals surface area (Å²) >= 11 is 2.24. The smallest absolute Gasteiger partial charge is 0.357 e. The largest absolute Gasteiger partial charge is 0.384 e. The molecule has 0 amide bonds. The Morgan fingerprint density at radius 1 is 1.00 bits per heavy atom. The Hall–Kier alpha value is -1.60. The van der Waals surface area contributed by atoms with Crippen LogP contribution in [0, 0.1) is 0 Å². The van der Waals surface area contributed by atoms with Crippen LogP contribution in [0.5, 0.6) is 0 Å². The Morgan fingerprint density at radius 2 is 1.47 bits per heavy atom. The van der Waals surface area contributed by atoms with Crippen LogP contribution < -0.4 is 0 Å². The van der Waals surface area contributed by atoms with Gasteiger partial charge < -0.3 is 4.74 Å². The van der Waals surface area contributed by atoms with E-state index in [0.29, 0.717) is 9.75 Å². The van der Waals surface area contributed by atoms with Crippen molar-refractivity contribution in [1.82, 2.24) is 9.97 Å². The summed E-state index contributed by atoms with van der Waals surface area (Å²) in [6.45, 7) is 0. The lowest BCUT2D eigenvalue weighted by molar-refractivity contribution is 0.0404. The molecule has 0 bridgehead atoms. The highest BCUT2D eigenvalue weighted by atomic mass is 32.1. The van der Waals surface area contributed by atoms with Crippen LogP contribution in [0.4, 0.5) is 0 Å². The molecule has 0 unspecified atom stereocenters. The summed E-state index contributed by atoms with van der Waals surface area (Å²) in [4.78, 5) is 30.7. The Balaban J connectivity index is 2.04. The summed E-state index contributed by atoms with van der Waals surface area (Å²) in [6.07, 6.45) is 2.71. The molecule has 15 heavy (non-hydrogen) atoms. The average molecular weight is 240 g/mol. The second-order valence-corrected chi connectivity index (χ2v) is 4.18. The van der Waals surface area contributed by atoms with Crippen LogP contribution in [0.3, 0.4) is 0 Å². The summed E-state index contributed by atoms with van der Waals surface area (Å²) in [6, 6.07) is 0. The van der Waals surface area contributed by atoms with E-state index in [1.807, 2.05) is 0 Å². The van der Waals surface area contributed by atoms with Crippen molar-refractivity contribution in [2.75, 3.05) is 0 Å². The number of hydrogen-bond acceptors (Lipinski definition) is 7. The molecule has 0 aromatic carbocycles. The molecule has 7 heteroatoms. The molecule has 0 aliphatic heterocycles. The number of carbonyl (C=O) groups excluding carboxylic acids is 2.